The molecule has 2 aliphatic heterocycles. The van der Waals surface area contributed by atoms with Gasteiger partial charge < -0.3 is 25.2 Å². The highest BCUT2D eigenvalue weighted by Crippen LogP contribution is 2.36. The first-order valence-corrected chi connectivity index (χ1v) is 12.0. The summed E-state index contributed by atoms with van der Waals surface area (Å²) in [6.07, 6.45) is 3.86. The highest BCUT2D eigenvalue weighted by molar-refractivity contribution is 14.1. The van der Waals surface area contributed by atoms with Gasteiger partial charge in [-0.25, -0.2) is 13.8 Å². The molecule has 0 radical (unpaired) electrons. The minimum absolute atomic E-state index is 0.0654. The van der Waals surface area contributed by atoms with Gasteiger partial charge in [-0.2, -0.15) is 0 Å². The van der Waals surface area contributed by atoms with Gasteiger partial charge in [0.1, 0.15) is 16.9 Å². The number of benzene rings is 2. The van der Waals surface area contributed by atoms with Crippen molar-refractivity contribution in [2.45, 2.75) is 30.9 Å². The molecular weight excluding hydrogens is 543 g/mol. The lowest BCUT2D eigenvalue weighted by Gasteiger charge is -2.50. The first-order valence-electron chi connectivity index (χ1n) is 10.9. The summed E-state index contributed by atoms with van der Waals surface area (Å²) in [5.74, 6) is -1.66. The molecule has 2 saturated heterocycles. The number of fused-ring (bicyclic) bond motifs is 1. The zero-order valence-electron chi connectivity index (χ0n) is 18.0. The Kier molecular flexibility index (Phi) is 5.78. The van der Waals surface area contributed by atoms with E-state index in [2.05, 4.69) is 15.6 Å². The maximum Gasteiger partial charge on any atom is 0.256 e. The van der Waals surface area contributed by atoms with Crippen LogP contribution in [0.15, 0.2) is 30.6 Å². The molecule has 5 rings (SSSR count). The molecule has 1 unspecified atom stereocenters. The average Bonchev–Trinajstić information content (AvgIpc) is 3.15. The number of halogens is 3. The van der Waals surface area contributed by atoms with Gasteiger partial charge in [-0.1, -0.05) is 0 Å². The summed E-state index contributed by atoms with van der Waals surface area (Å²) < 4.78 is 32.6. The Labute approximate surface area is 203 Å². The summed E-state index contributed by atoms with van der Waals surface area (Å²) in [4.78, 5) is 19.6. The van der Waals surface area contributed by atoms with Gasteiger partial charge in [0.15, 0.2) is 5.82 Å². The van der Waals surface area contributed by atoms with E-state index in [1.807, 2.05) is 22.6 Å². The monoisotopic (exact) mass is 567 g/mol. The van der Waals surface area contributed by atoms with Gasteiger partial charge in [-0.15, -0.1) is 0 Å². The van der Waals surface area contributed by atoms with E-state index in [4.69, 9.17) is 0 Å². The number of rotatable bonds is 4. The van der Waals surface area contributed by atoms with E-state index in [-0.39, 0.29) is 28.5 Å². The van der Waals surface area contributed by atoms with Gasteiger partial charge in [-0.3, -0.25) is 4.79 Å². The third-order valence-electron chi connectivity index (χ3n) is 6.63. The Bertz CT molecular complexity index is 1240. The van der Waals surface area contributed by atoms with E-state index < -0.39 is 23.1 Å². The molecule has 2 aliphatic rings. The van der Waals surface area contributed by atoms with Gasteiger partial charge in [0.2, 0.25) is 0 Å². The first-order chi connectivity index (χ1) is 15.8. The number of aryl methyl sites for hydroxylation is 1. The smallest absolute Gasteiger partial charge is 0.256 e. The summed E-state index contributed by atoms with van der Waals surface area (Å²) in [5.41, 5.74) is -0.406. The SMILES string of the molecule is Cn1cnc2c(F)c(Nc3ccc(I)cc3F)c(C(=O)N3CCCCC3C3(O)CNC3)cc21. The van der Waals surface area contributed by atoms with Crippen molar-refractivity contribution in [1.82, 2.24) is 19.8 Å². The summed E-state index contributed by atoms with van der Waals surface area (Å²) in [7, 11) is 1.72. The van der Waals surface area contributed by atoms with Crippen molar-refractivity contribution in [2.24, 2.45) is 7.05 Å². The number of piperidine rings is 1. The molecule has 3 aromatic rings. The highest BCUT2D eigenvalue weighted by atomic mass is 127. The van der Waals surface area contributed by atoms with Gasteiger partial charge in [0, 0.05) is 30.3 Å². The number of anilines is 2. The number of carbonyl (C=O) groups is 1. The van der Waals surface area contributed by atoms with Crippen LogP contribution in [0.2, 0.25) is 0 Å². The fraction of sp³-hybridized carbons (Fsp3) is 0.391. The van der Waals surface area contributed by atoms with Crippen LogP contribution in [0, 0.1) is 15.2 Å². The molecule has 2 aromatic carbocycles. The standard InChI is InChI=1S/C23H24F2IN5O2/c1-30-12-28-21-17(30)9-14(20(19(21)25)29-16-6-5-13(26)8-15(16)24)22(32)31-7-3-2-4-18(31)23(33)10-27-11-23/h5-6,8-9,12,18,27,29,33H,2-4,7,10-11H2,1H3. The molecule has 2 fully saturated rings. The van der Waals surface area contributed by atoms with Crippen LogP contribution in [-0.2, 0) is 7.05 Å². The first kappa shape index (κ1) is 22.5. The van der Waals surface area contributed by atoms with E-state index in [1.165, 1.54) is 18.5 Å². The van der Waals surface area contributed by atoms with Crippen molar-refractivity contribution in [3.05, 3.63) is 51.4 Å². The van der Waals surface area contributed by atoms with E-state index in [1.54, 1.807) is 28.6 Å². The molecule has 1 amide bonds. The third-order valence-corrected chi connectivity index (χ3v) is 7.30. The topological polar surface area (TPSA) is 82.4 Å². The Morgan fingerprint density at radius 2 is 2.09 bits per heavy atom. The normalized spacial score (nSPS) is 20.0. The fourth-order valence-electron chi connectivity index (χ4n) is 4.75. The molecule has 0 saturated carbocycles. The Hall–Kier alpha value is -2.31. The van der Waals surface area contributed by atoms with Crippen LogP contribution in [0.5, 0.6) is 0 Å². The van der Waals surface area contributed by atoms with E-state index in [0.717, 1.165) is 12.8 Å². The summed E-state index contributed by atoms with van der Waals surface area (Å²) in [6, 6.07) is 5.77. The molecule has 0 aliphatic carbocycles. The lowest BCUT2D eigenvalue weighted by atomic mass is 9.81. The molecule has 3 N–H and O–H groups in total. The minimum Gasteiger partial charge on any atom is -0.385 e. The molecule has 0 bridgehead atoms. The molecule has 174 valence electrons. The Morgan fingerprint density at radius 3 is 2.79 bits per heavy atom. The summed E-state index contributed by atoms with van der Waals surface area (Å²) >= 11 is 2.00. The molecule has 0 spiro atoms. The molecule has 1 atom stereocenters. The van der Waals surface area contributed by atoms with E-state index in [0.29, 0.717) is 35.1 Å². The number of aliphatic hydroxyl groups is 1. The maximum atomic E-state index is 15.7. The van der Waals surface area contributed by atoms with Gasteiger partial charge >= 0.3 is 0 Å². The van der Waals surface area contributed by atoms with E-state index in [9.17, 15) is 14.3 Å². The minimum atomic E-state index is -0.999. The number of likely N-dealkylation sites (tertiary alicyclic amines) is 1. The van der Waals surface area contributed by atoms with Gasteiger partial charge in [0.25, 0.3) is 5.91 Å². The van der Waals surface area contributed by atoms with E-state index >= 15 is 4.39 Å². The number of imidazole rings is 1. The number of nitrogens with one attached hydrogen (secondary N) is 2. The molecule has 33 heavy (non-hydrogen) atoms. The lowest BCUT2D eigenvalue weighted by molar-refractivity contribution is -0.0846. The Balaban J connectivity index is 1.62. The van der Waals surface area contributed by atoms with Crippen molar-refractivity contribution in [3.63, 3.8) is 0 Å². The average molecular weight is 567 g/mol. The molecule has 3 heterocycles. The molecule has 7 nitrogen and oxygen atoms in total. The van der Waals surface area contributed by atoms with Crippen LogP contribution in [-0.4, -0.2) is 56.7 Å². The lowest BCUT2D eigenvalue weighted by Crippen LogP contribution is -2.71. The van der Waals surface area contributed by atoms with Gasteiger partial charge in [-0.05, 0) is 66.1 Å². The second kappa shape index (κ2) is 8.48. The Morgan fingerprint density at radius 1 is 1.30 bits per heavy atom. The van der Waals surface area contributed by atoms with Crippen molar-refractivity contribution in [3.8, 4) is 0 Å². The van der Waals surface area contributed by atoms with Crippen molar-refractivity contribution >= 4 is 50.9 Å². The third kappa shape index (κ3) is 3.87. The second-order valence-corrected chi connectivity index (χ2v) is 10.0. The number of nitrogens with zero attached hydrogens (tertiary/aromatic N) is 3. The predicted molar refractivity (Wildman–Crippen MR) is 130 cm³/mol. The number of β-amino-alcohol motifs (C(OH)–C–C–N with tert-alkyl or cyclic N) is 1. The number of hydrogen-bond acceptors (Lipinski definition) is 5. The van der Waals surface area contributed by atoms with Crippen molar-refractivity contribution < 1.29 is 18.7 Å². The van der Waals surface area contributed by atoms with Crippen LogP contribution in [0.4, 0.5) is 20.2 Å². The largest absolute Gasteiger partial charge is 0.385 e. The van der Waals surface area contributed by atoms with Crippen LogP contribution in [0.3, 0.4) is 0 Å². The van der Waals surface area contributed by atoms with Crippen molar-refractivity contribution in [2.75, 3.05) is 25.0 Å². The maximum absolute atomic E-state index is 15.7. The zero-order chi connectivity index (χ0) is 23.3. The van der Waals surface area contributed by atoms with Crippen LogP contribution < -0.4 is 10.6 Å². The fourth-order valence-corrected chi connectivity index (χ4v) is 5.20. The number of hydrogen-bond donors (Lipinski definition) is 3. The van der Waals surface area contributed by atoms with Gasteiger partial charge in [0.05, 0.1) is 34.8 Å². The van der Waals surface area contributed by atoms with Crippen LogP contribution in [0.1, 0.15) is 29.6 Å². The van der Waals surface area contributed by atoms with Crippen LogP contribution >= 0.6 is 22.6 Å². The second-order valence-electron chi connectivity index (χ2n) is 8.80. The zero-order valence-corrected chi connectivity index (χ0v) is 20.2. The van der Waals surface area contributed by atoms with Crippen molar-refractivity contribution in [1.29, 1.82) is 0 Å². The summed E-state index contributed by atoms with van der Waals surface area (Å²) in [6.45, 7) is 1.29. The molecule has 1 aromatic heterocycles. The molecule has 10 heteroatoms. The number of aromatic nitrogens is 2. The number of carbonyl (C=O) groups excluding carboxylic acids is 1. The highest BCUT2D eigenvalue weighted by Gasteiger charge is 2.47. The quantitative estimate of drug-likeness (QED) is 0.421. The summed E-state index contributed by atoms with van der Waals surface area (Å²) in [5, 5.41) is 16.9. The van der Waals surface area contributed by atoms with Crippen LogP contribution in [0.25, 0.3) is 11.0 Å². The number of amides is 1. The molecular formula is C23H24F2IN5O2. The predicted octanol–water partition coefficient (Wildman–Crippen LogP) is 3.53.